The average Bonchev–Trinajstić information content (AvgIpc) is 3.20. The van der Waals surface area contributed by atoms with Gasteiger partial charge in [0.25, 0.3) is 0 Å². The van der Waals surface area contributed by atoms with E-state index < -0.39 is 5.82 Å². The highest BCUT2D eigenvalue weighted by atomic mass is 19.1. The van der Waals surface area contributed by atoms with Gasteiger partial charge in [-0.25, -0.2) is 4.39 Å². The van der Waals surface area contributed by atoms with Gasteiger partial charge in [-0.05, 0) is 43.9 Å². The molecule has 3 heteroatoms. The van der Waals surface area contributed by atoms with Gasteiger partial charge in [-0.3, -0.25) is 4.79 Å². The van der Waals surface area contributed by atoms with E-state index in [1.54, 1.807) is 18.2 Å². The molecule has 104 valence electrons. The lowest BCUT2D eigenvalue weighted by Gasteiger charge is -2.21. The molecule has 2 nitrogen and oxygen atoms in total. The fourth-order valence-corrected chi connectivity index (χ4v) is 2.36. The van der Waals surface area contributed by atoms with Crippen molar-refractivity contribution in [3.05, 3.63) is 35.6 Å². The minimum Gasteiger partial charge on any atom is -0.303 e. The van der Waals surface area contributed by atoms with Crippen LogP contribution in [-0.2, 0) is 0 Å². The second-order valence-corrected chi connectivity index (χ2v) is 5.40. The first-order valence-electron chi connectivity index (χ1n) is 7.20. The number of nitrogens with zero attached hydrogens (tertiary/aromatic N) is 1. The zero-order valence-electron chi connectivity index (χ0n) is 11.6. The molecule has 0 spiro atoms. The zero-order valence-corrected chi connectivity index (χ0v) is 11.6. The van der Waals surface area contributed by atoms with E-state index in [-0.39, 0.29) is 11.3 Å². The van der Waals surface area contributed by atoms with Gasteiger partial charge < -0.3 is 4.90 Å². The summed E-state index contributed by atoms with van der Waals surface area (Å²) in [6.45, 7) is 5.02. The van der Waals surface area contributed by atoms with Crippen LogP contribution in [0.3, 0.4) is 0 Å². The Morgan fingerprint density at radius 2 is 2.05 bits per heavy atom. The highest BCUT2D eigenvalue weighted by Gasteiger charge is 2.24. The van der Waals surface area contributed by atoms with Crippen molar-refractivity contribution in [1.29, 1.82) is 0 Å². The van der Waals surface area contributed by atoms with Crippen molar-refractivity contribution >= 4 is 5.78 Å². The van der Waals surface area contributed by atoms with Crippen LogP contribution in [0.4, 0.5) is 4.39 Å². The van der Waals surface area contributed by atoms with Gasteiger partial charge in [0, 0.05) is 19.5 Å². The standard InChI is InChI=1S/C16H22FNO/c1-2-10-18(12-13-7-8-13)11-9-16(19)14-5-3-4-6-15(14)17/h3-6,13H,2,7-12H2,1H3. The van der Waals surface area contributed by atoms with Gasteiger partial charge in [-0.15, -0.1) is 0 Å². The molecule has 1 aliphatic rings. The van der Waals surface area contributed by atoms with Crippen LogP contribution >= 0.6 is 0 Å². The number of rotatable bonds is 8. The van der Waals surface area contributed by atoms with Crippen LogP contribution < -0.4 is 0 Å². The van der Waals surface area contributed by atoms with Crippen LogP contribution in [0.15, 0.2) is 24.3 Å². The van der Waals surface area contributed by atoms with Crippen LogP contribution in [0.2, 0.25) is 0 Å². The summed E-state index contributed by atoms with van der Waals surface area (Å²) in [7, 11) is 0. The SMILES string of the molecule is CCCN(CCC(=O)c1ccccc1F)CC1CC1. The fourth-order valence-electron chi connectivity index (χ4n) is 2.36. The summed E-state index contributed by atoms with van der Waals surface area (Å²) in [6, 6.07) is 6.25. The summed E-state index contributed by atoms with van der Waals surface area (Å²) in [5.41, 5.74) is 0.227. The number of hydrogen-bond acceptors (Lipinski definition) is 2. The van der Waals surface area contributed by atoms with E-state index in [9.17, 15) is 9.18 Å². The molecule has 1 saturated carbocycles. The van der Waals surface area contributed by atoms with Crippen LogP contribution in [0.1, 0.15) is 43.0 Å². The van der Waals surface area contributed by atoms with E-state index in [0.29, 0.717) is 6.42 Å². The number of carbonyl (C=O) groups excluding carboxylic acids is 1. The zero-order chi connectivity index (χ0) is 13.7. The van der Waals surface area contributed by atoms with Gasteiger partial charge in [0.05, 0.1) is 5.56 Å². The van der Waals surface area contributed by atoms with Gasteiger partial charge in [0.2, 0.25) is 0 Å². The molecule has 0 saturated heterocycles. The molecule has 0 unspecified atom stereocenters. The van der Waals surface area contributed by atoms with E-state index in [2.05, 4.69) is 11.8 Å². The predicted molar refractivity (Wildman–Crippen MR) is 74.8 cm³/mol. The maximum Gasteiger partial charge on any atom is 0.167 e. The number of Topliss-reactive ketones (excluding diaryl/α,β-unsaturated/α-hetero) is 1. The Balaban J connectivity index is 1.85. The van der Waals surface area contributed by atoms with Crippen LogP contribution in [0.5, 0.6) is 0 Å². The molecule has 0 aromatic heterocycles. The van der Waals surface area contributed by atoms with E-state index >= 15 is 0 Å². The molecule has 0 bridgehead atoms. The second-order valence-electron chi connectivity index (χ2n) is 5.40. The topological polar surface area (TPSA) is 20.3 Å². The molecule has 1 fully saturated rings. The lowest BCUT2D eigenvalue weighted by molar-refractivity contribution is 0.0959. The summed E-state index contributed by atoms with van der Waals surface area (Å²) in [6.07, 6.45) is 4.15. The van der Waals surface area contributed by atoms with Crippen LogP contribution in [0, 0.1) is 11.7 Å². The van der Waals surface area contributed by atoms with Gasteiger partial charge >= 0.3 is 0 Å². The van der Waals surface area contributed by atoms with Crippen molar-refractivity contribution in [3.63, 3.8) is 0 Å². The predicted octanol–water partition coefficient (Wildman–Crippen LogP) is 3.52. The third-order valence-corrected chi connectivity index (χ3v) is 3.58. The van der Waals surface area contributed by atoms with Crippen molar-refractivity contribution in [2.75, 3.05) is 19.6 Å². The summed E-state index contributed by atoms with van der Waals surface area (Å²) in [4.78, 5) is 14.4. The molecular weight excluding hydrogens is 241 g/mol. The number of benzene rings is 1. The van der Waals surface area contributed by atoms with Gasteiger partial charge in [0.15, 0.2) is 5.78 Å². The Kier molecular flexibility index (Phi) is 5.08. The molecular formula is C16H22FNO. The Morgan fingerprint density at radius 1 is 1.32 bits per heavy atom. The highest BCUT2D eigenvalue weighted by molar-refractivity contribution is 5.96. The van der Waals surface area contributed by atoms with E-state index in [0.717, 1.165) is 32.0 Å². The molecule has 2 rings (SSSR count). The largest absolute Gasteiger partial charge is 0.303 e. The molecule has 0 aliphatic heterocycles. The van der Waals surface area contributed by atoms with Gasteiger partial charge in [0.1, 0.15) is 5.82 Å². The molecule has 0 amide bonds. The molecule has 0 atom stereocenters. The normalized spacial score (nSPS) is 14.9. The maximum atomic E-state index is 13.5. The summed E-state index contributed by atoms with van der Waals surface area (Å²) < 4.78 is 13.5. The molecule has 0 radical (unpaired) electrons. The first-order valence-corrected chi connectivity index (χ1v) is 7.20. The van der Waals surface area contributed by atoms with Crippen molar-refractivity contribution in [3.8, 4) is 0 Å². The van der Waals surface area contributed by atoms with E-state index in [1.807, 2.05) is 0 Å². The Hall–Kier alpha value is -1.22. The minimum absolute atomic E-state index is 0.0880. The number of ketones is 1. The first-order chi connectivity index (χ1) is 9.20. The Morgan fingerprint density at radius 3 is 2.68 bits per heavy atom. The Labute approximate surface area is 114 Å². The third kappa shape index (κ3) is 4.43. The van der Waals surface area contributed by atoms with E-state index in [4.69, 9.17) is 0 Å². The van der Waals surface area contributed by atoms with Crippen molar-refractivity contribution in [2.24, 2.45) is 5.92 Å². The average molecular weight is 263 g/mol. The molecule has 0 heterocycles. The van der Waals surface area contributed by atoms with E-state index in [1.165, 1.54) is 18.9 Å². The summed E-state index contributed by atoms with van der Waals surface area (Å²) >= 11 is 0. The highest BCUT2D eigenvalue weighted by Crippen LogP contribution is 2.29. The number of carbonyl (C=O) groups is 1. The second kappa shape index (κ2) is 6.80. The van der Waals surface area contributed by atoms with Crippen LogP contribution in [-0.4, -0.2) is 30.3 Å². The first kappa shape index (κ1) is 14.2. The smallest absolute Gasteiger partial charge is 0.167 e. The molecule has 0 N–H and O–H groups in total. The summed E-state index contributed by atoms with van der Waals surface area (Å²) in [5, 5.41) is 0. The molecule has 19 heavy (non-hydrogen) atoms. The van der Waals surface area contributed by atoms with Crippen molar-refractivity contribution in [2.45, 2.75) is 32.6 Å². The molecule has 1 aromatic carbocycles. The number of halogens is 1. The lowest BCUT2D eigenvalue weighted by Crippen LogP contribution is -2.29. The minimum atomic E-state index is -0.406. The summed E-state index contributed by atoms with van der Waals surface area (Å²) in [5.74, 6) is 0.335. The van der Waals surface area contributed by atoms with Gasteiger partial charge in [-0.2, -0.15) is 0 Å². The van der Waals surface area contributed by atoms with Crippen molar-refractivity contribution in [1.82, 2.24) is 4.90 Å². The van der Waals surface area contributed by atoms with Gasteiger partial charge in [-0.1, -0.05) is 19.1 Å². The quantitative estimate of drug-likeness (QED) is 0.669. The van der Waals surface area contributed by atoms with Crippen LogP contribution in [0.25, 0.3) is 0 Å². The number of hydrogen-bond donors (Lipinski definition) is 0. The third-order valence-electron chi connectivity index (χ3n) is 3.58. The molecule has 1 aliphatic carbocycles. The fraction of sp³-hybridized carbons (Fsp3) is 0.562. The molecule has 1 aromatic rings. The maximum absolute atomic E-state index is 13.5. The van der Waals surface area contributed by atoms with Crippen molar-refractivity contribution < 1.29 is 9.18 Å². The Bertz CT molecular complexity index is 429. The monoisotopic (exact) mass is 263 g/mol. The lowest BCUT2D eigenvalue weighted by atomic mass is 10.1.